The summed E-state index contributed by atoms with van der Waals surface area (Å²) < 4.78 is 5.26. The maximum Gasteiger partial charge on any atom is 0.410 e. The minimum absolute atomic E-state index is 0.0325. The van der Waals surface area contributed by atoms with Gasteiger partial charge < -0.3 is 14.7 Å². The van der Waals surface area contributed by atoms with Gasteiger partial charge in [0.1, 0.15) is 5.60 Å². The molecule has 0 saturated carbocycles. The van der Waals surface area contributed by atoms with Crippen LogP contribution < -0.4 is 0 Å². The van der Waals surface area contributed by atoms with E-state index in [9.17, 15) is 19.5 Å². The van der Waals surface area contributed by atoms with Crippen molar-refractivity contribution >= 4 is 18.0 Å². The van der Waals surface area contributed by atoms with Gasteiger partial charge in [-0.15, -0.1) is 0 Å². The Balaban J connectivity index is 2.88. The first-order valence-corrected chi connectivity index (χ1v) is 7.07. The molecule has 0 aliphatic carbocycles. The zero-order valence-corrected chi connectivity index (χ0v) is 13.7. The molecule has 1 rings (SSSR count). The second kappa shape index (κ2) is 6.95. The van der Waals surface area contributed by atoms with Crippen molar-refractivity contribution in [3.05, 3.63) is 0 Å². The predicted molar refractivity (Wildman–Crippen MR) is 76.8 cm³/mol. The summed E-state index contributed by atoms with van der Waals surface area (Å²) in [7, 11) is 2.80. The number of piperidine rings is 1. The van der Waals surface area contributed by atoms with E-state index in [1.54, 1.807) is 20.8 Å². The fourth-order valence-corrected chi connectivity index (χ4v) is 2.28. The third kappa shape index (κ3) is 4.87. The maximum atomic E-state index is 12.2. The largest absolute Gasteiger partial charge is 0.481 e. The Bertz CT molecular complexity index is 445. The van der Waals surface area contributed by atoms with Crippen LogP contribution in [0.4, 0.5) is 4.79 Å². The smallest absolute Gasteiger partial charge is 0.410 e. The van der Waals surface area contributed by atoms with Crippen molar-refractivity contribution in [1.29, 1.82) is 0 Å². The van der Waals surface area contributed by atoms with Crippen LogP contribution in [0.2, 0.25) is 0 Å². The molecule has 8 heteroatoms. The van der Waals surface area contributed by atoms with Crippen molar-refractivity contribution in [2.45, 2.75) is 32.8 Å². The number of hydroxylamine groups is 2. The average Bonchev–Trinajstić information content (AvgIpc) is 2.43. The summed E-state index contributed by atoms with van der Waals surface area (Å²) >= 11 is 0. The number of hydrogen-bond acceptors (Lipinski definition) is 5. The van der Waals surface area contributed by atoms with Crippen LogP contribution in [0.15, 0.2) is 0 Å². The molecule has 2 atom stereocenters. The molecule has 8 nitrogen and oxygen atoms in total. The molecule has 2 amide bonds. The van der Waals surface area contributed by atoms with Crippen LogP contribution in [-0.4, -0.2) is 65.9 Å². The van der Waals surface area contributed by atoms with Crippen molar-refractivity contribution in [1.82, 2.24) is 9.96 Å². The zero-order valence-electron chi connectivity index (χ0n) is 13.7. The number of carboxylic acid groups (broad SMARTS) is 1. The lowest BCUT2D eigenvalue weighted by Gasteiger charge is -2.37. The first-order valence-electron chi connectivity index (χ1n) is 7.07. The molecule has 1 aliphatic heterocycles. The normalized spacial score (nSPS) is 22.1. The van der Waals surface area contributed by atoms with Gasteiger partial charge in [0.05, 0.1) is 18.9 Å². The van der Waals surface area contributed by atoms with Crippen molar-refractivity contribution in [2.24, 2.45) is 11.8 Å². The molecule has 1 saturated heterocycles. The van der Waals surface area contributed by atoms with E-state index in [1.807, 2.05) is 0 Å². The maximum absolute atomic E-state index is 12.2. The first kappa shape index (κ1) is 18.2. The number of carboxylic acids is 1. The van der Waals surface area contributed by atoms with Crippen LogP contribution >= 0.6 is 0 Å². The van der Waals surface area contributed by atoms with Crippen LogP contribution in [0.5, 0.6) is 0 Å². The van der Waals surface area contributed by atoms with E-state index in [-0.39, 0.29) is 25.4 Å². The Labute approximate surface area is 129 Å². The van der Waals surface area contributed by atoms with Crippen LogP contribution in [0.25, 0.3) is 0 Å². The highest BCUT2D eigenvalue weighted by Gasteiger charge is 2.39. The minimum Gasteiger partial charge on any atom is -0.481 e. The molecule has 0 spiro atoms. The van der Waals surface area contributed by atoms with E-state index in [2.05, 4.69) is 0 Å². The quantitative estimate of drug-likeness (QED) is 0.779. The summed E-state index contributed by atoms with van der Waals surface area (Å²) in [5.41, 5.74) is -0.684. The van der Waals surface area contributed by atoms with E-state index < -0.39 is 29.5 Å². The molecule has 1 heterocycles. The van der Waals surface area contributed by atoms with Gasteiger partial charge in [-0.05, 0) is 27.2 Å². The third-order valence-electron chi connectivity index (χ3n) is 3.38. The van der Waals surface area contributed by atoms with Gasteiger partial charge in [0.2, 0.25) is 0 Å². The average molecular weight is 316 g/mol. The summed E-state index contributed by atoms with van der Waals surface area (Å²) in [6, 6.07) is 0. The molecule has 22 heavy (non-hydrogen) atoms. The predicted octanol–water partition coefficient (Wildman–Crippen LogP) is 0.964. The number of nitrogens with zero attached hydrogens (tertiary/aromatic N) is 2. The van der Waals surface area contributed by atoms with E-state index in [0.29, 0.717) is 0 Å². The van der Waals surface area contributed by atoms with E-state index in [0.717, 1.165) is 5.06 Å². The molecule has 1 N–H and O–H groups in total. The second-order valence-corrected chi connectivity index (χ2v) is 6.37. The SMILES string of the molecule is CON(C)C(=O)[C@@H]1C[C@H](C(=O)O)CN(C(=O)OC(C)(C)C)C1. The topological polar surface area (TPSA) is 96.4 Å². The third-order valence-corrected chi connectivity index (χ3v) is 3.38. The second-order valence-electron chi connectivity index (χ2n) is 6.37. The molecule has 0 aromatic carbocycles. The van der Waals surface area contributed by atoms with Gasteiger partial charge >= 0.3 is 12.1 Å². The Hall–Kier alpha value is -1.83. The van der Waals surface area contributed by atoms with Gasteiger partial charge in [0, 0.05) is 20.1 Å². The summed E-state index contributed by atoms with van der Waals surface area (Å²) in [5, 5.41) is 10.3. The lowest BCUT2D eigenvalue weighted by Crippen LogP contribution is -2.51. The Morgan fingerprint density at radius 1 is 1.18 bits per heavy atom. The van der Waals surface area contributed by atoms with Crippen LogP contribution in [0.3, 0.4) is 0 Å². The molecule has 0 aromatic rings. The van der Waals surface area contributed by atoms with E-state index >= 15 is 0 Å². The highest BCUT2D eigenvalue weighted by Crippen LogP contribution is 2.25. The number of carbonyl (C=O) groups is 3. The number of aliphatic carboxylic acids is 1. The lowest BCUT2D eigenvalue weighted by atomic mass is 9.88. The summed E-state index contributed by atoms with van der Waals surface area (Å²) in [5.74, 6) is -2.83. The number of rotatable bonds is 3. The molecule has 0 unspecified atom stereocenters. The van der Waals surface area contributed by atoms with Gasteiger partial charge in [-0.3, -0.25) is 14.4 Å². The van der Waals surface area contributed by atoms with Crippen molar-refractivity contribution in [2.75, 3.05) is 27.2 Å². The monoisotopic (exact) mass is 316 g/mol. The van der Waals surface area contributed by atoms with E-state index in [1.165, 1.54) is 19.1 Å². The molecule has 126 valence electrons. The van der Waals surface area contributed by atoms with Crippen molar-refractivity contribution in [3.8, 4) is 0 Å². The molecule has 1 aliphatic rings. The highest BCUT2D eigenvalue weighted by molar-refractivity contribution is 5.81. The van der Waals surface area contributed by atoms with Gasteiger partial charge in [-0.2, -0.15) is 0 Å². The number of hydrogen-bond donors (Lipinski definition) is 1. The fourth-order valence-electron chi connectivity index (χ4n) is 2.28. The van der Waals surface area contributed by atoms with Crippen LogP contribution in [0.1, 0.15) is 27.2 Å². The van der Waals surface area contributed by atoms with Gasteiger partial charge in [-0.25, -0.2) is 9.86 Å². The van der Waals surface area contributed by atoms with Gasteiger partial charge in [-0.1, -0.05) is 0 Å². The van der Waals surface area contributed by atoms with Crippen LogP contribution in [-0.2, 0) is 19.2 Å². The Morgan fingerprint density at radius 3 is 2.18 bits per heavy atom. The van der Waals surface area contributed by atoms with Crippen LogP contribution in [0, 0.1) is 11.8 Å². The molecular formula is C14H24N2O6. The molecule has 0 bridgehead atoms. The standard InChI is InChI=1S/C14H24N2O6/c1-14(2,3)22-13(20)16-7-9(11(17)15(4)21-5)6-10(8-16)12(18)19/h9-10H,6-8H2,1-5H3,(H,18,19)/t9-,10+/m1/s1. The lowest BCUT2D eigenvalue weighted by molar-refractivity contribution is -0.176. The summed E-state index contributed by atoms with van der Waals surface area (Å²) in [4.78, 5) is 41.7. The minimum atomic E-state index is -1.04. The fraction of sp³-hybridized carbons (Fsp3) is 0.786. The Morgan fingerprint density at radius 2 is 1.73 bits per heavy atom. The summed E-state index contributed by atoms with van der Waals surface area (Å²) in [6.45, 7) is 5.33. The number of amides is 2. The first-order chi connectivity index (χ1) is 10.0. The molecule has 1 fully saturated rings. The van der Waals surface area contributed by atoms with Crippen molar-refractivity contribution in [3.63, 3.8) is 0 Å². The Kier molecular flexibility index (Phi) is 5.76. The number of ether oxygens (including phenoxy) is 1. The van der Waals surface area contributed by atoms with Gasteiger partial charge in [0.25, 0.3) is 5.91 Å². The van der Waals surface area contributed by atoms with Gasteiger partial charge in [0.15, 0.2) is 0 Å². The number of carbonyl (C=O) groups excluding carboxylic acids is 2. The van der Waals surface area contributed by atoms with E-state index in [4.69, 9.17) is 9.57 Å². The summed E-state index contributed by atoms with van der Waals surface area (Å²) in [6.07, 6.45) is -0.447. The number of likely N-dealkylation sites (tertiary alicyclic amines) is 1. The molecular weight excluding hydrogens is 292 g/mol. The molecule has 0 radical (unpaired) electrons. The highest BCUT2D eigenvalue weighted by atomic mass is 16.7. The molecule has 0 aromatic heterocycles. The van der Waals surface area contributed by atoms with Crippen molar-refractivity contribution < 1.29 is 29.1 Å². The zero-order chi connectivity index (χ0) is 17.1.